The molecule has 0 saturated carbocycles. The standard InChI is InChI=1S/C28H30N4O/c29-21-12-16-25-24(18-21)26(28(33)32-25)27(20-6-2-1-3-7-20)31-23-14-10-19(11-15-23)9-13-22-8-4-5-17-30-22/h1-3,6-7,10-12,14-16,18,22,30-31H,4-5,8-9,13,17,29H2,(H,32,33)/b27-26-. The number of nitrogens with one attached hydrogen (secondary N) is 3. The Morgan fingerprint density at radius 1 is 1.00 bits per heavy atom. The van der Waals surface area contributed by atoms with Gasteiger partial charge in [-0.1, -0.05) is 48.9 Å². The number of benzene rings is 3. The van der Waals surface area contributed by atoms with Crippen molar-refractivity contribution in [2.75, 3.05) is 22.9 Å². The lowest BCUT2D eigenvalue weighted by Gasteiger charge is -2.23. The van der Waals surface area contributed by atoms with Gasteiger partial charge in [-0.3, -0.25) is 4.79 Å². The Bertz CT molecular complexity index is 1160. The molecule has 0 spiro atoms. The lowest BCUT2D eigenvalue weighted by atomic mass is 9.97. The van der Waals surface area contributed by atoms with Gasteiger partial charge in [0.05, 0.1) is 11.3 Å². The van der Waals surface area contributed by atoms with E-state index in [0.29, 0.717) is 17.3 Å². The third kappa shape index (κ3) is 4.78. The summed E-state index contributed by atoms with van der Waals surface area (Å²) in [6.45, 7) is 1.15. The summed E-state index contributed by atoms with van der Waals surface area (Å²) < 4.78 is 0. The Balaban J connectivity index is 1.42. The van der Waals surface area contributed by atoms with Crippen LogP contribution < -0.4 is 21.7 Å². The van der Waals surface area contributed by atoms with Gasteiger partial charge in [-0.2, -0.15) is 0 Å². The molecule has 1 saturated heterocycles. The summed E-state index contributed by atoms with van der Waals surface area (Å²) >= 11 is 0. The van der Waals surface area contributed by atoms with Gasteiger partial charge in [0.25, 0.3) is 5.91 Å². The summed E-state index contributed by atoms with van der Waals surface area (Å²) in [6, 6.07) is 24.7. The second kappa shape index (κ2) is 9.51. The van der Waals surface area contributed by atoms with E-state index in [0.717, 1.165) is 41.2 Å². The lowest BCUT2D eigenvalue weighted by molar-refractivity contribution is -0.110. The highest BCUT2D eigenvalue weighted by Crippen LogP contribution is 2.38. The monoisotopic (exact) mass is 438 g/mol. The zero-order valence-electron chi connectivity index (χ0n) is 18.7. The zero-order valence-corrected chi connectivity index (χ0v) is 18.7. The SMILES string of the molecule is Nc1ccc2c(c1)/C(=C(/Nc1ccc(CCC3CCCCN3)cc1)c1ccccc1)C(=O)N2. The van der Waals surface area contributed by atoms with E-state index in [9.17, 15) is 4.79 Å². The van der Waals surface area contributed by atoms with Crippen LogP contribution in [0.5, 0.6) is 0 Å². The van der Waals surface area contributed by atoms with Crippen LogP contribution in [0.25, 0.3) is 11.3 Å². The summed E-state index contributed by atoms with van der Waals surface area (Å²) in [5.74, 6) is -0.126. The highest BCUT2D eigenvalue weighted by atomic mass is 16.2. The zero-order chi connectivity index (χ0) is 22.6. The number of carbonyl (C=O) groups excluding carboxylic acids is 1. The summed E-state index contributed by atoms with van der Waals surface area (Å²) in [5.41, 5.74) is 12.9. The maximum absolute atomic E-state index is 13.0. The predicted molar refractivity (Wildman–Crippen MR) is 137 cm³/mol. The van der Waals surface area contributed by atoms with Gasteiger partial charge in [-0.25, -0.2) is 0 Å². The lowest BCUT2D eigenvalue weighted by Crippen LogP contribution is -2.34. The number of nitrogen functional groups attached to an aromatic ring is 1. The van der Waals surface area contributed by atoms with Gasteiger partial charge in [0.2, 0.25) is 0 Å². The number of piperidine rings is 1. The third-order valence-electron chi connectivity index (χ3n) is 6.52. The van der Waals surface area contributed by atoms with Crippen molar-refractivity contribution in [3.05, 3.63) is 89.5 Å². The van der Waals surface area contributed by atoms with Crippen molar-refractivity contribution in [2.24, 2.45) is 0 Å². The Labute approximate surface area is 195 Å². The average molecular weight is 439 g/mol. The van der Waals surface area contributed by atoms with E-state index in [1.54, 1.807) is 6.07 Å². The van der Waals surface area contributed by atoms with Crippen LogP contribution in [0.15, 0.2) is 72.8 Å². The van der Waals surface area contributed by atoms with Crippen LogP contribution in [0.1, 0.15) is 42.4 Å². The van der Waals surface area contributed by atoms with Crippen LogP contribution in [0, 0.1) is 0 Å². The maximum Gasteiger partial charge on any atom is 0.258 e. The Morgan fingerprint density at radius 2 is 1.82 bits per heavy atom. The number of anilines is 3. The maximum atomic E-state index is 13.0. The molecule has 0 bridgehead atoms. The second-order valence-electron chi connectivity index (χ2n) is 8.88. The molecule has 5 N–H and O–H groups in total. The van der Waals surface area contributed by atoms with E-state index in [2.05, 4.69) is 40.2 Å². The molecule has 2 aliphatic rings. The molecular formula is C28H30N4O. The number of aryl methyl sites for hydroxylation is 1. The Hall–Kier alpha value is -3.57. The van der Waals surface area contributed by atoms with Gasteiger partial charge in [-0.15, -0.1) is 0 Å². The Kier molecular flexibility index (Phi) is 6.13. The van der Waals surface area contributed by atoms with Crippen molar-refractivity contribution in [3.63, 3.8) is 0 Å². The molecule has 1 unspecified atom stereocenters. The quantitative estimate of drug-likeness (QED) is 0.312. The van der Waals surface area contributed by atoms with E-state index >= 15 is 0 Å². The van der Waals surface area contributed by atoms with Crippen molar-refractivity contribution >= 4 is 34.2 Å². The molecule has 0 radical (unpaired) electrons. The van der Waals surface area contributed by atoms with Crippen molar-refractivity contribution < 1.29 is 4.79 Å². The molecule has 0 aliphatic carbocycles. The van der Waals surface area contributed by atoms with Gasteiger partial charge in [0.15, 0.2) is 0 Å². The van der Waals surface area contributed by atoms with Crippen molar-refractivity contribution in [1.29, 1.82) is 0 Å². The minimum Gasteiger partial charge on any atom is -0.399 e. The van der Waals surface area contributed by atoms with Crippen LogP contribution in [-0.4, -0.2) is 18.5 Å². The molecule has 3 aromatic carbocycles. The van der Waals surface area contributed by atoms with E-state index in [-0.39, 0.29) is 5.91 Å². The Morgan fingerprint density at radius 3 is 2.58 bits per heavy atom. The number of carbonyl (C=O) groups is 1. The van der Waals surface area contributed by atoms with Gasteiger partial charge < -0.3 is 21.7 Å². The van der Waals surface area contributed by atoms with Crippen LogP contribution >= 0.6 is 0 Å². The first kappa shape index (κ1) is 21.3. The molecule has 2 heterocycles. The van der Waals surface area contributed by atoms with E-state index < -0.39 is 0 Å². The number of nitrogens with two attached hydrogens (primary N) is 1. The third-order valence-corrected chi connectivity index (χ3v) is 6.52. The molecule has 5 nitrogen and oxygen atoms in total. The smallest absolute Gasteiger partial charge is 0.258 e. The fourth-order valence-electron chi connectivity index (χ4n) is 4.73. The first-order valence-electron chi connectivity index (χ1n) is 11.8. The summed E-state index contributed by atoms with van der Waals surface area (Å²) in [4.78, 5) is 13.0. The topological polar surface area (TPSA) is 79.2 Å². The second-order valence-corrected chi connectivity index (χ2v) is 8.88. The highest BCUT2D eigenvalue weighted by Gasteiger charge is 2.28. The molecule has 33 heavy (non-hydrogen) atoms. The van der Waals surface area contributed by atoms with Crippen LogP contribution in [0.2, 0.25) is 0 Å². The molecular weight excluding hydrogens is 408 g/mol. The normalized spacial score (nSPS) is 19.0. The molecule has 1 atom stereocenters. The number of fused-ring (bicyclic) bond motifs is 1. The van der Waals surface area contributed by atoms with Gasteiger partial charge >= 0.3 is 0 Å². The molecule has 1 fully saturated rings. The van der Waals surface area contributed by atoms with E-state index in [4.69, 9.17) is 5.73 Å². The van der Waals surface area contributed by atoms with Crippen molar-refractivity contribution in [3.8, 4) is 0 Å². The first-order valence-corrected chi connectivity index (χ1v) is 11.8. The fourth-order valence-corrected chi connectivity index (χ4v) is 4.73. The molecule has 0 aromatic heterocycles. The molecule has 5 heteroatoms. The molecule has 1 amide bonds. The van der Waals surface area contributed by atoms with Gasteiger partial charge in [0.1, 0.15) is 0 Å². The van der Waals surface area contributed by atoms with E-state index in [1.165, 1.54) is 31.2 Å². The van der Waals surface area contributed by atoms with Gasteiger partial charge in [-0.05, 0) is 73.7 Å². The van der Waals surface area contributed by atoms with Crippen molar-refractivity contribution in [1.82, 2.24) is 5.32 Å². The minimum absolute atomic E-state index is 0.126. The molecule has 2 aliphatic heterocycles. The number of hydrogen-bond donors (Lipinski definition) is 4. The van der Waals surface area contributed by atoms with Crippen LogP contribution in [0.4, 0.5) is 17.1 Å². The molecule has 5 rings (SSSR count). The van der Waals surface area contributed by atoms with E-state index in [1.807, 2.05) is 42.5 Å². The average Bonchev–Trinajstić information content (AvgIpc) is 3.18. The number of amides is 1. The minimum atomic E-state index is -0.126. The molecule has 3 aromatic rings. The highest BCUT2D eigenvalue weighted by molar-refractivity contribution is 6.37. The summed E-state index contributed by atoms with van der Waals surface area (Å²) in [6.07, 6.45) is 6.15. The van der Waals surface area contributed by atoms with Crippen LogP contribution in [-0.2, 0) is 11.2 Å². The number of rotatable bonds is 6. The largest absolute Gasteiger partial charge is 0.399 e. The first-order chi connectivity index (χ1) is 16.2. The van der Waals surface area contributed by atoms with Crippen molar-refractivity contribution in [2.45, 2.75) is 38.1 Å². The van der Waals surface area contributed by atoms with Crippen LogP contribution in [0.3, 0.4) is 0 Å². The van der Waals surface area contributed by atoms with Gasteiger partial charge in [0, 0.05) is 28.7 Å². The predicted octanol–water partition coefficient (Wildman–Crippen LogP) is 5.28. The molecule has 168 valence electrons. The summed E-state index contributed by atoms with van der Waals surface area (Å²) in [7, 11) is 0. The summed E-state index contributed by atoms with van der Waals surface area (Å²) in [5, 5.41) is 10.1. The fraction of sp³-hybridized carbons (Fsp3) is 0.250. The number of hydrogen-bond acceptors (Lipinski definition) is 4.